The van der Waals surface area contributed by atoms with Gasteiger partial charge in [0.05, 0.1) is 4.92 Å². The van der Waals surface area contributed by atoms with Gasteiger partial charge in [-0.05, 0) is 6.07 Å². The lowest BCUT2D eigenvalue weighted by Gasteiger charge is -2.05. The van der Waals surface area contributed by atoms with Gasteiger partial charge in [0, 0.05) is 12.1 Å². The lowest BCUT2D eigenvalue weighted by Crippen LogP contribution is -2.13. The quantitative estimate of drug-likeness (QED) is 0.483. The first-order valence-electron chi connectivity index (χ1n) is 4.77. The van der Waals surface area contributed by atoms with Crippen molar-refractivity contribution in [2.24, 2.45) is 0 Å². The highest BCUT2D eigenvalue weighted by Gasteiger charge is 2.20. The monoisotopic (exact) mass is 249 g/mol. The molecule has 0 fully saturated rings. The SMILES string of the molecule is O=C(Nc1c(O)cccc1[N+](=O)[O-])c1ccon1. The fraction of sp³-hybridized carbons (Fsp3) is 0. The van der Waals surface area contributed by atoms with Crippen molar-refractivity contribution in [3.63, 3.8) is 0 Å². The van der Waals surface area contributed by atoms with E-state index in [2.05, 4.69) is 15.0 Å². The molecule has 0 bridgehead atoms. The number of carbonyl (C=O) groups is 1. The number of hydrogen-bond acceptors (Lipinski definition) is 6. The Morgan fingerprint density at radius 1 is 1.44 bits per heavy atom. The second kappa shape index (κ2) is 4.53. The number of phenols is 1. The van der Waals surface area contributed by atoms with Crippen molar-refractivity contribution in [2.45, 2.75) is 0 Å². The number of phenolic OH excluding ortho intramolecular Hbond substituents is 1. The van der Waals surface area contributed by atoms with Crippen LogP contribution < -0.4 is 5.32 Å². The Kier molecular flexibility index (Phi) is 2.92. The van der Waals surface area contributed by atoms with Gasteiger partial charge in [0.2, 0.25) is 0 Å². The van der Waals surface area contributed by atoms with Gasteiger partial charge in [-0.15, -0.1) is 0 Å². The molecule has 92 valence electrons. The second-order valence-corrected chi connectivity index (χ2v) is 3.27. The summed E-state index contributed by atoms with van der Waals surface area (Å²) in [6.45, 7) is 0. The fourth-order valence-corrected chi connectivity index (χ4v) is 1.32. The lowest BCUT2D eigenvalue weighted by atomic mass is 10.2. The van der Waals surface area contributed by atoms with Crippen molar-refractivity contribution in [3.05, 3.63) is 46.3 Å². The third kappa shape index (κ3) is 2.12. The van der Waals surface area contributed by atoms with Crippen LogP contribution in [0, 0.1) is 10.1 Å². The molecule has 0 aliphatic heterocycles. The molecule has 18 heavy (non-hydrogen) atoms. The summed E-state index contributed by atoms with van der Waals surface area (Å²) in [7, 11) is 0. The minimum Gasteiger partial charge on any atom is -0.505 e. The van der Waals surface area contributed by atoms with Crippen LogP contribution in [0.2, 0.25) is 0 Å². The number of aromatic hydroxyl groups is 1. The van der Waals surface area contributed by atoms with Gasteiger partial charge in [0.25, 0.3) is 11.6 Å². The highest BCUT2D eigenvalue weighted by molar-refractivity contribution is 6.04. The molecule has 8 nitrogen and oxygen atoms in total. The first-order valence-corrected chi connectivity index (χ1v) is 4.77. The van der Waals surface area contributed by atoms with E-state index in [1.807, 2.05) is 0 Å². The first-order chi connectivity index (χ1) is 8.59. The predicted octanol–water partition coefficient (Wildman–Crippen LogP) is 1.54. The van der Waals surface area contributed by atoms with E-state index in [9.17, 15) is 20.0 Å². The molecule has 2 aromatic rings. The largest absolute Gasteiger partial charge is 0.505 e. The Balaban J connectivity index is 2.34. The van der Waals surface area contributed by atoms with Crippen LogP contribution in [0.3, 0.4) is 0 Å². The fourth-order valence-electron chi connectivity index (χ4n) is 1.32. The van der Waals surface area contributed by atoms with Gasteiger partial charge in [0.15, 0.2) is 11.4 Å². The molecule has 0 unspecified atom stereocenters. The smallest absolute Gasteiger partial charge is 0.296 e. The normalized spacial score (nSPS) is 10.0. The lowest BCUT2D eigenvalue weighted by molar-refractivity contribution is -0.384. The van der Waals surface area contributed by atoms with E-state index in [0.717, 1.165) is 6.07 Å². The highest BCUT2D eigenvalue weighted by Crippen LogP contribution is 2.33. The minimum atomic E-state index is -0.714. The van der Waals surface area contributed by atoms with Crippen LogP contribution in [0.4, 0.5) is 11.4 Å². The molecular formula is C10H7N3O5. The van der Waals surface area contributed by atoms with E-state index in [4.69, 9.17) is 0 Å². The van der Waals surface area contributed by atoms with Crippen LogP contribution in [0.5, 0.6) is 5.75 Å². The van der Waals surface area contributed by atoms with Crippen molar-refractivity contribution >= 4 is 17.3 Å². The number of para-hydroxylation sites is 1. The van der Waals surface area contributed by atoms with Crippen molar-refractivity contribution in [1.82, 2.24) is 5.16 Å². The summed E-state index contributed by atoms with van der Waals surface area (Å²) in [4.78, 5) is 21.7. The van der Waals surface area contributed by atoms with Crippen LogP contribution >= 0.6 is 0 Å². The maximum Gasteiger partial charge on any atom is 0.296 e. The maximum absolute atomic E-state index is 11.6. The number of benzene rings is 1. The van der Waals surface area contributed by atoms with Crippen molar-refractivity contribution in [2.75, 3.05) is 5.32 Å². The van der Waals surface area contributed by atoms with Gasteiger partial charge < -0.3 is 14.9 Å². The molecule has 1 aromatic heterocycles. The first kappa shape index (κ1) is 11.6. The number of carbonyl (C=O) groups excluding carboxylic acids is 1. The molecule has 0 aliphatic carbocycles. The standard InChI is InChI=1S/C10H7N3O5/c14-8-3-1-2-7(13(16)17)9(8)11-10(15)6-4-5-18-12-6/h1-5,14H,(H,11,15). The van der Waals surface area contributed by atoms with Gasteiger partial charge >= 0.3 is 0 Å². The molecule has 0 saturated carbocycles. The molecule has 8 heteroatoms. The van der Waals surface area contributed by atoms with Crippen LogP contribution in [-0.2, 0) is 0 Å². The molecule has 0 saturated heterocycles. The Morgan fingerprint density at radius 2 is 2.22 bits per heavy atom. The summed E-state index contributed by atoms with van der Waals surface area (Å²) < 4.78 is 4.47. The molecule has 1 aromatic carbocycles. The zero-order valence-corrected chi connectivity index (χ0v) is 8.86. The van der Waals surface area contributed by atoms with Crippen molar-refractivity contribution in [3.8, 4) is 5.75 Å². The molecule has 1 amide bonds. The van der Waals surface area contributed by atoms with Crippen LogP contribution in [0.25, 0.3) is 0 Å². The summed E-state index contributed by atoms with van der Waals surface area (Å²) in [5, 5.41) is 25.9. The van der Waals surface area contributed by atoms with Crippen LogP contribution in [0.1, 0.15) is 10.5 Å². The molecule has 2 rings (SSSR count). The van der Waals surface area contributed by atoms with E-state index < -0.39 is 22.3 Å². The molecule has 2 N–H and O–H groups in total. The number of aromatic nitrogens is 1. The van der Waals surface area contributed by atoms with E-state index in [-0.39, 0.29) is 11.4 Å². The Labute approximate surface area is 100.0 Å². The average molecular weight is 249 g/mol. The van der Waals surface area contributed by atoms with Crippen molar-refractivity contribution < 1.29 is 19.3 Å². The van der Waals surface area contributed by atoms with Crippen LogP contribution in [0.15, 0.2) is 35.1 Å². The van der Waals surface area contributed by atoms with Crippen molar-refractivity contribution in [1.29, 1.82) is 0 Å². The summed E-state index contributed by atoms with van der Waals surface area (Å²) in [5.74, 6) is -1.12. The Hall–Kier alpha value is -2.90. The number of amides is 1. The molecule has 0 spiro atoms. The Morgan fingerprint density at radius 3 is 2.83 bits per heavy atom. The summed E-state index contributed by atoms with van der Waals surface area (Å²) in [5.41, 5.74) is -0.741. The van der Waals surface area contributed by atoms with Crippen LogP contribution in [-0.4, -0.2) is 21.1 Å². The zero-order chi connectivity index (χ0) is 13.1. The minimum absolute atomic E-state index is 0.0486. The van der Waals surface area contributed by atoms with Gasteiger partial charge in [-0.25, -0.2) is 0 Å². The third-order valence-electron chi connectivity index (χ3n) is 2.13. The average Bonchev–Trinajstić information content (AvgIpc) is 2.85. The van der Waals surface area contributed by atoms with Gasteiger partial charge in [-0.2, -0.15) is 0 Å². The number of anilines is 1. The van der Waals surface area contributed by atoms with E-state index in [0.29, 0.717) is 0 Å². The number of nitrogens with one attached hydrogen (secondary N) is 1. The number of rotatable bonds is 3. The number of nitro groups is 1. The van der Waals surface area contributed by atoms with Gasteiger partial charge in [-0.3, -0.25) is 14.9 Å². The molecular weight excluding hydrogens is 242 g/mol. The predicted molar refractivity (Wildman–Crippen MR) is 59.2 cm³/mol. The number of nitrogens with zero attached hydrogens (tertiary/aromatic N) is 2. The van der Waals surface area contributed by atoms with Gasteiger partial charge in [-0.1, -0.05) is 11.2 Å². The maximum atomic E-state index is 11.6. The Bertz CT molecular complexity index is 594. The molecule has 0 aliphatic rings. The highest BCUT2D eigenvalue weighted by atomic mass is 16.6. The summed E-state index contributed by atoms with van der Waals surface area (Å²) >= 11 is 0. The van der Waals surface area contributed by atoms with E-state index >= 15 is 0 Å². The third-order valence-corrected chi connectivity index (χ3v) is 2.13. The topological polar surface area (TPSA) is 118 Å². The molecule has 0 atom stereocenters. The summed E-state index contributed by atoms with van der Waals surface area (Å²) in [6.07, 6.45) is 1.19. The molecule has 1 heterocycles. The van der Waals surface area contributed by atoms with Gasteiger partial charge in [0.1, 0.15) is 12.0 Å². The van der Waals surface area contributed by atoms with E-state index in [1.165, 1.54) is 24.5 Å². The second-order valence-electron chi connectivity index (χ2n) is 3.27. The number of nitro benzene ring substituents is 1. The number of hydrogen-bond donors (Lipinski definition) is 2. The zero-order valence-electron chi connectivity index (χ0n) is 8.86. The van der Waals surface area contributed by atoms with E-state index in [1.54, 1.807) is 0 Å². The summed E-state index contributed by atoms with van der Waals surface area (Å²) in [6, 6.07) is 4.99. The molecule has 0 radical (unpaired) electrons.